The number of carbonyl (C=O) groups is 1. The average Bonchev–Trinajstić information content (AvgIpc) is 3.22. The van der Waals surface area contributed by atoms with Crippen LogP contribution in [0.5, 0.6) is 0 Å². The van der Waals surface area contributed by atoms with Crippen LogP contribution < -0.4 is 5.32 Å². The molecule has 0 aromatic carbocycles. The van der Waals surface area contributed by atoms with Crippen molar-refractivity contribution in [3.8, 4) is 0 Å². The number of aliphatic hydroxyl groups is 2. The maximum absolute atomic E-state index is 12.4. The molecule has 57 heavy (non-hydrogen) atoms. The minimum atomic E-state index is -0.859. The molecule has 0 saturated heterocycles. The lowest BCUT2D eigenvalue weighted by atomic mass is 10.0. The first kappa shape index (κ1) is 55.9. The quantitative estimate of drug-likeness (QED) is 0.0424. The van der Waals surface area contributed by atoms with Crippen LogP contribution in [-0.4, -0.2) is 34.9 Å². The van der Waals surface area contributed by atoms with Crippen molar-refractivity contribution in [3.05, 3.63) is 24.3 Å². The third kappa shape index (κ3) is 45.8. The van der Waals surface area contributed by atoms with Crippen LogP contribution in [0.15, 0.2) is 24.3 Å². The summed E-state index contributed by atoms with van der Waals surface area (Å²) in [7, 11) is 0. The molecule has 338 valence electrons. The molecular weight excluding hydrogens is 699 g/mol. The molecule has 0 aliphatic heterocycles. The zero-order chi connectivity index (χ0) is 41.4. The summed E-state index contributed by atoms with van der Waals surface area (Å²) in [6.07, 6.45) is 64.7. The van der Waals surface area contributed by atoms with Gasteiger partial charge < -0.3 is 15.5 Å². The molecule has 0 saturated carbocycles. The number of aliphatic hydroxyl groups excluding tert-OH is 2. The molecule has 2 unspecified atom stereocenters. The van der Waals surface area contributed by atoms with E-state index >= 15 is 0 Å². The molecule has 2 atom stereocenters. The molecule has 0 aromatic rings. The number of rotatable bonds is 48. The van der Waals surface area contributed by atoms with Crippen LogP contribution in [-0.2, 0) is 4.79 Å². The zero-order valence-electron chi connectivity index (χ0n) is 38.9. The molecule has 1 amide bonds. The second-order valence-electron chi connectivity index (χ2n) is 17.9. The van der Waals surface area contributed by atoms with Crippen LogP contribution in [0.1, 0.15) is 290 Å². The van der Waals surface area contributed by atoms with E-state index in [1.165, 1.54) is 238 Å². The summed E-state index contributed by atoms with van der Waals surface area (Å²) in [4.78, 5) is 12.4. The molecule has 4 heteroatoms. The summed E-state index contributed by atoms with van der Waals surface area (Å²) in [6, 6.07) is -0.635. The highest BCUT2D eigenvalue weighted by molar-refractivity contribution is 5.76. The van der Waals surface area contributed by atoms with Gasteiger partial charge in [0, 0.05) is 6.42 Å². The van der Waals surface area contributed by atoms with Gasteiger partial charge in [-0.15, -0.1) is 0 Å². The average molecular weight is 802 g/mol. The van der Waals surface area contributed by atoms with E-state index in [4.69, 9.17) is 0 Å². The lowest BCUT2D eigenvalue weighted by Crippen LogP contribution is -2.45. The standard InChI is InChI=1S/C53H103NO3/c1-3-5-7-9-11-13-15-17-19-21-23-25-26-27-28-29-30-32-34-36-38-40-42-44-46-48-52(56)51(50-55)54-53(57)49-47-45-43-41-39-37-35-33-31-24-22-20-18-16-14-12-10-8-6-4-2/h38,40,46,48,51-52,55-56H,3-37,39,41-45,47,49-50H2,1-2H3,(H,54,57)/b40-38+,48-46+. The Morgan fingerprint density at radius 1 is 0.404 bits per heavy atom. The van der Waals surface area contributed by atoms with Crippen molar-refractivity contribution in [2.75, 3.05) is 6.61 Å². The van der Waals surface area contributed by atoms with Crippen LogP contribution in [0.25, 0.3) is 0 Å². The number of amides is 1. The highest BCUT2D eigenvalue weighted by Gasteiger charge is 2.17. The van der Waals surface area contributed by atoms with Gasteiger partial charge in [-0.05, 0) is 32.1 Å². The van der Waals surface area contributed by atoms with Gasteiger partial charge >= 0.3 is 0 Å². The van der Waals surface area contributed by atoms with Crippen molar-refractivity contribution in [2.24, 2.45) is 0 Å². The van der Waals surface area contributed by atoms with Gasteiger partial charge in [0.2, 0.25) is 5.91 Å². The van der Waals surface area contributed by atoms with Crippen molar-refractivity contribution in [1.29, 1.82) is 0 Å². The van der Waals surface area contributed by atoms with Crippen molar-refractivity contribution >= 4 is 5.91 Å². The Morgan fingerprint density at radius 3 is 1.02 bits per heavy atom. The first-order valence-corrected chi connectivity index (χ1v) is 26.1. The van der Waals surface area contributed by atoms with Crippen LogP contribution in [0.2, 0.25) is 0 Å². The molecule has 4 nitrogen and oxygen atoms in total. The minimum Gasteiger partial charge on any atom is -0.394 e. The normalized spacial score (nSPS) is 13.0. The van der Waals surface area contributed by atoms with Crippen molar-refractivity contribution < 1.29 is 15.0 Å². The van der Waals surface area contributed by atoms with E-state index in [0.717, 1.165) is 32.1 Å². The Kier molecular flexibility index (Phi) is 48.3. The monoisotopic (exact) mass is 802 g/mol. The second-order valence-corrected chi connectivity index (χ2v) is 17.9. The van der Waals surface area contributed by atoms with Crippen molar-refractivity contribution in [3.63, 3.8) is 0 Å². The summed E-state index contributed by atoms with van der Waals surface area (Å²) in [5, 5.41) is 23.1. The number of hydrogen-bond donors (Lipinski definition) is 3. The molecular formula is C53H103NO3. The largest absolute Gasteiger partial charge is 0.394 e. The SMILES string of the molecule is CCCCCCCCCCCCCCCCCCCCC/C=C/CC/C=C/C(O)C(CO)NC(=O)CCCCCCCCCCCCCCCCCCCCCC. The zero-order valence-corrected chi connectivity index (χ0v) is 38.9. The van der Waals surface area contributed by atoms with Crippen molar-refractivity contribution in [2.45, 2.75) is 302 Å². The fourth-order valence-electron chi connectivity index (χ4n) is 8.20. The molecule has 3 N–H and O–H groups in total. The predicted molar refractivity (Wildman–Crippen MR) is 253 cm³/mol. The lowest BCUT2D eigenvalue weighted by molar-refractivity contribution is -0.123. The lowest BCUT2D eigenvalue weighted by Gasteiger charge is -2.19. The van der Waals surface area contributed by atoms with Crippen LogP contribution >= 0.6 is 0 Å². The van der Waals surface area contributed by atoms with E-state index in [1.54, 1.807) is 6.08 Å². The number of carbonyl (C=O) groups excluding carboxylic acids is 1. The van der Waals surface area contributed by atoms with Gasteiger partial charge in [-0.1, -0.05) is 276 Å². The third-order valence-corrected chi connectivity index (χ3v) is 12.2. The van der Waals surface area contributed by atoms with Gasteiger partial charge in [0.25, 0.3) is 0 Å². The smallest absolute Gasteiger partial charge is 0.220 e. The molecule has 0 rings (SSSR count). The molecule has 0 radical (unpaired) electrons. The van der Waals surface area contributed by atoms with Crippen molar-refractivity contribution in [1.82, 2.24) is 5.32 Å². The molecule has 0 fully saturated rings. The highest BCUT2D eigenvalue weighted by atomic mass is 16.3. The Balaban J connectivity index is 3.52. The molecule has 0 aromatic heterocycles. The molecule has 0 aliphatic rings. The maximum atomic E-state index is 12.4. The van der Waals surface area contributed by atoms with E-state index in [1.807, 2.05) is 6.08 Å². The minimum absolute atomic E-state index is 0.0679. The Morgan fingerprint density at radius 2 is 0.684 bits per heavy atom. The Bertz CT molecular complexity index is 825. The summed E-state index contributed by atoms with van der Waals surface area (Å²) in [5.74, 6) is -0.0679. The summed E-state index contributed by atoms with van der Waals surface area (Å²) in [5.41, 5.74) is 0. The number of hydrogen-bond acceptors (Lipinski definition) is 3. The number of unbranched alkanes of at least 4 members (excludes halogenated alkanes) is 39. The fraction of sp³-hybridized carbons (Fsp3) is 0.906. The second kappa shape index (κ2) is 49.2. The third-order valence-electron chi connectivity index (χ3n) is 12.2. The molecule has 0 spiro atoms. The van der Waals surface area contributed by atoms with Gasteiger partial charge in [0.05, 0.1) is 18.8 Å². The van der Waals surface area contributed by atoms with E-state index < -0.39 is 12.1 Å². The summed E-state index contributed by atoms with van der Waals surface area (Å²) >= 11 is 0. The van der Waals surface area contributed by atoms with Gasteiger partial charge in [-0.25, -0.2) is 0 Å². The first-order chi connectivity index (χ1) is 28.2. The Hall–Kier alpha value is -1.13. The van der Waals surface area contributed by atoms with E-state index in [0.29, 0.717) is 6.42 Å². The van der Waals surface area contributed by atoms with Crippen LogP contribution in [0.3, 0.4) is 0 Å². The molecule has 0 aliphatic carbocycles. The number of nitrogens with one attached hydrogen (secondary N) is 1. The fourth-order valence-corrected chi connectivity index (χ4v) is 8.20. The Labute approximate surface area is 358 Å². The summed E-state index contributed by atoms with van der Waals surface area (Å²) in [6.45, 7) is 4.33. The van der Waals surface area contributed by atoms with E-state index in [2.05, 4.69) is 31.3 Å². The molecule has 0 bridgehead atoms. The maximum Gasteiger partial charge on any atom is 0.220 e. The number of allylic oxidation sites excluding steroid dienone is 3. The molecule has 0 heterocycles. The van der Waals surface area contributed by atoms with Gasteiger partial charge in [0.1, 0.15) is 0 Å². The van der Waals surface area contributed by atoms with Gasteiger partial charge in [-0.2, -0.15) is 0 Å². The topological polar surface area (TPSA) is 69.6 Å². The van der Waals surface area contributed by atoms with E-state index in [-0.39, 0.29) is 12.5 Å². The highest BCUT2D eigenvalue weighted by Crippen LogP contribution is 2.17. The van der Waals surface area contributed by atoms with Gasteiger partial charge in [0.15, 0.2) is 0 Å². The van der Waals surface area contributed by atoms with Gasteiger partial charge in [-0.3, -0.25) is 4.79 Å². The van der Waals surface area contributed by atoms with Crippen LogP contribution in [0.4, 0.5) is 0 Å². The first-order valence-electron chi connectivity index (χ1n) is 26.1. The predicted octanol–water partition coefficient (Wildman–Crippen LogP) is 16.8. The van der Waals surface area contributed by atoms with E-state index in [9.17, 15) is 15.0 Å². The summed E-state index contributed by atoms with van der Waals surface area (Å²) < 4.78 is 0. The van der Waals surface area contributed by atoms with Crippen LogP contribution in [0, 0.1) is 0 Å².